The predicted molar refractivity (Wildman–Crippen MR) is 109 cm³/mol. The molecule has 0 aliphatic carbocycles. The van der Waals surface area contributed by atoms with Crippen LogP contribution >= 0.6 is 0 Å². The van der Waals surface area contributed by atoms with E-state index in [4.69, 9.17) is 0 Å². The second-order valence-electron chi connectivity index (χ2n) is 6.99. The molecule has 0 fully saturated rings. The van der Waals surface area contributed by atoms with Gasteiger partial charge in [-0.1, -0.05) is 48.5 Å². The number of fused-ring (bicyclic) bond motifs is 1. The molecule has 0 radical (unpaired) electrons. The highest BCUT2D eigenvalue weighted by molar-refractivity contribution is 6.02. The lowest BCUT2D eigenvalue weighted by Gasteiger charge is -2.19. The quantitative estimate of drug-likeness (QED) is 0.602. The lowest BCUT2D eigenvalue weighted by Crippen LogP contribution is -2.45. The molecule has 3 aromatic carbocycles. The summed E-state index contributed by atoms with van der Waals surface area (Å²) in [5, 5.41) is 5.00. The van der Waals surface area contributed by atoms with Crippen LogP contribution in [-0.2, 0) is 11.2 Å². The van der Waals surface area contributed by atoms with Crippen molar-refractivity contribution in [3.63, 3.8) is 0 Å². The van der Waals surface area contributed by atoms with Gasteiger partial charge < -0.3 is 20.1 Å². The molecule has 2 amide bonds. The van der Waals surface area contributed by atoms with Crippen LogP contribution in [0.2, 0.25) is 0 Å². The standard InChI is InChI=1S/C23H17F3N2O4/c24-16-10-5-4-9-15(16)21(29)28-18(13-14-7-2-1-3-8-14)22(30)27-17-11-6-12-19-20(17)32-23(25,26)31-19/h1-12,18H,13H2,(H,27,30)(H,28,29). The first-order chi connectivity index (χ1) is 15.3. The molecule has 0 bridgehead atoms. The van der Waals surface area contributed by atoms with E-state index in [9.17, 15) is 22.8 Å². The molecule has 3 aromatic rings. The minimum atomic E-state index is -3.86. The Labute approximate surface area is 181 Å². The number of benzene rings is 3. The molecule has 0 saturated heterocycles. The Balaban J connectivity index is 1.58. The van der Waals surface area contributed by atoms with Gasteiger partial charge in [0.1, 0.15) is 11.9 Å². The molecule has 6 nitrogen and oxygen atoms in total. The summed E-state index contributed by atoms with van der Waals surface area (Å²) in [5.74, 6) is -2.79. The molecule has 9 heteroatoms. The van der Waals surface area contributed by atoms with Gasteiger partial charge in [0.15, 0.2) is 11.5 Å². The van der Waals surface area contributed by atoms with E-state index in [1.54, 1.807) is 30.3 Å². The third kappa shape index (κ3) is 4.66. The highest BCUT2D eigenvalue weighted by atomic mass is 19.3. The number of hydrogen-bond acceptors (Lipinski definition) is 4. The molecule has 2 N–H and O–H groups in total. The normalized spacial score (nSPS) is 14.5. The van der Waals surface area contributed by atoms with Gasteiger partial charge in [0.2, 0.25) is 5.91 Å². The second kappa shape index (κ2) is 8.62. The van der Waals surface area contributed by atoms with Crippen LogP contribution in [0, 0.1) is 5.82 Å². The van der Waals surface area contributed by atoms with Crippen molar-refractivity contribution in [3.8, 4) is 11.5 Å². The number of alkyl halides is 2. The van der Waals surface area contributed by atoms with Crippen LogP contribution in [-0.4, -0.2) is 24.2 Å². The van der Waals surface area contributed by atoms with E-state index in [1.807, 2.05) is 0 Å². The first-order valence-corrected chi connectivity index (χ1v) is 9.61. The van der Waals surface area contributed by atoms with Crippen LogP contribution in [0.4, 0.5) is 18.9 Å². The fourth-order valence-corrected chi connectivity index (χ4v) is 3.23. The molecular formula is C23H17F3N2O4. The van der Waals surface area contributed by atoms with Crippen LogP contribution in [0.1, 0.15) is 15.9 Å². The maximum Gasteiger partial charge on any atom is 0.586 e. The highest BCUT2D eigenvalue weighted by Crippen LogP contribution is 2.45. The fourth-order valence-electron chi connectivity index (χ4n) is 3.23. The molecule has 1 aliphatic heterocycles. The van der Waals surface area contributed by atoms with Crippen molar-refractivity contribution in [1.29, 1.82) is 0 Å². The Hall–Kier alpha value is -4.01. The van der Waals surface area contributed by atoms with Gasteiger partial charge in [0.05, 0.1) is 11.3 Å². The summed E-state index contributed by atoms with van der Waals surface area (Å²) in [6, 6.07) is 17.1. The van der Waals surface area contributed by atoms with E-state index in [-0.39, 0.29) is 29.2 Å². The summed E-state index contributed by atoms with van der Waals surface area (Å²) in [5.41, 5.74) is 0.448. The van der Waals surface area contributed by atoms with E-state index in [1.165, 1.54) is 36.4 Å². The number of rotatable bonds is 6. The summed E-state index contributed by atoms with van der Waals surface area (Å²) in [6.07, 6.45) is -3.78. The van der Waals surface area contributed by atoms with Crippen molar-refractivity contribution in [2.75, 3.05) is 5.32 Å². The van der Waals surface area contributed by atoms with Gasteiger partial charge in [-0.2, -0.15) is 0 Å². The van der Waals surface area contributed by atoms with Crippen molar-refractivity contribution in [2.45, 2.75) is 18.8 Å². The minimum absolute atomic E-state index is 0.0529. The zero-order chi connectivity index (χ0) is 22.7. The molecule has 4 rings (SSSR count). The number of ether oxygens (including phenoxy) is 2. The molecule has 0 spiro atoms. The first kappa shape index (κ1) is 21.2. The maximum absolute atomic E-state index is 14.0. The number of anilines is 1. The van der Waals surface area contributed by atoms with Crippen molar-refractivity contribution < 1.29 is 32.2 Å². The van der Waals surface area contributed by atoms with Crippen molar-refractivity contribution >= 4 is 17.5 Å². The number of hydrogen-bond donors (Lipinski definition) is 2. The molecule has 32 heavy (non-hydrogen) atoms. The number of nitrogens with one attached hydrogen (secondary N) is 2. The molecule has 164 valence electrons. The van der Waals surface area contributed by atoms with Crippen molar-refractivity contribution in [2.24, 2.45) is 0 Å². The van der Waals surface area contributed by atoms with Gasteiger partial charge in [-0.3, -0.25) is 9.59 Å². The van der Waals surface area contributed by atoms with E-state index < -0.39 is 30.0 Å². The fraction of sp³-hybridized carbons (Fsp3) is 0.130. The van der Waals surface area contributed by atoms with Crippen molar-refractivity contribution in [1.82, 2.24) is 5.32 Å². The van der Waals surface area contributed by atoms with Gasteiger partial charge in [0, 0.05) is 6.42 Å². The SMILES string of the molecule is O=C(NC(Cc1ccccc1)C(=O)Nc1cccc2c1OC(F)(F)O2)c1ccccc1F. The number of halogens is 3. The molecule has 1 heterocycles. The molecule has 0 aromatic heterocycles. The Morgan fingerprint density at radius 2 is 1.62 bits per heavy atom. The van der Waals surface area contributed by atoms with Gasteiger partial charge in [-0.05, 0) is 29.8 Å². The molecular weight excluding hydrogens is 425 g/mol. The predicted octanol–water partition coefficient (Wildman–Crippen LogP) is 4.13. The van der Waals surface area contributed by atoms with Crippen LogP contribution < -0.4 is 20.1 Å². The van der Waals surface area contributed by atoms with E-state index in [0.29, 0.717) is 0 Å². The van der Waals surface area contributed by atoms with Gasteiger partial charge in [0.25, 0.3) is 5.91 Å². The van der Waals surface area contributed by atoms with Crippen LogP contribution in [0.25, 0.3) is 0 Å². The average molecular weight is 442 g/mol. The molecule has 1 atom stereocenters. The molecule has 1 unspecified atom stereocenters. The third-order valence-corrected chi connectivity index (χ3v) is 4.71. The van der Waals surface area contributed by atoms with Crippen LogP contribution in [0.3, 0.4) is 0 Å². The monoisotopic (exact) mass is 442 g/mol. The Morgan fingerprint density at radius 1 is 0.906 bits per heavy atom. The summed E-state index contributed by atoms with van der Waals surface area (Å²) in [7, 11) is 0. The third-order valence-electron chi connectivity index (χ3n) is 4.71. The Morgan fingerprint density at radius 3 is 2.38 bits per heavy atom. The summed E-state index contributed by atoms with van der Waals surface area (Å²) in [4.78, 5) is 25.6. The number of carbonyl (C=O) groups excluding carboxylic acids is 2. The highest BCUT2D eigenvalue weighted by Gasteiger charge is 2.44. The summed E-state index contributed by atoms with van der Waals surface area (Å²) < 4.78 is 49.8. The largest absolute Gasteiger partial charge is 0.586 e. The molecule has 1 aliphatic rings. The number of para-hydroxylation sites is 1. The second-order valence-corrected chi connectivity index (χ2v) is 6.99. The van der Waals surface area contributed by atoms with E-state index in [0.717, 1.165) is 11.6 Å². The van der Waals surface area contributed by atoms with E-state index >= 15 is 0 Å². The zero-order valence-corrected chi connectivity index (χ0v) is 16.5. The van der Waals surface area contributed by atoms with Crippen LogP contribution in [0.15, 0.2) is 72.8 Å². The summed E-state index contributed by atoms with van der Waals surface area (Å²) in [6.45, 7) is 0. The van der Waals surface area contributed by atoms with Gasteiger partial charge >= 0.3 is 6.29 Å². The zero-order valence-electron chi connectivity index (χ0n) is 16.5. The lowest BCUT2D eigenvalue weighted by molar-refractivity contribution is -0.286. The molecule has 0 saturated carbocycles. The average Bonchev–Trinajstić information content (AvgIpc) is 3.09. The maximum atomic E-state index is 14.0. The topological polar surface area (TPSA) is 76.7 Å². The minimum Gasteiger partial charge on any atom is -0.395 e. The van der Waals surface area contributed by atoms with E-state index in [2.05, 4.69) is 20.1 Å². The Kier molecular flexibility index (Phi) is 5.72. The Bertz CT molecular complexity index is 1150. The van der Waals surface area contributed by atoms with Gasteiger partial charge in [-0.25, -0.2) is 4.39 Å². The number of carbonyl (C=O) groups is 2. The number of amides is 2. The van der Waals surface area contributed by atoms with Gasteiger partial charge in [-0.15, -0.1) is 8.78 Å². The summed E-state index contributed by atoms with van der Waals surface area (Å²) >= 11 is 0. The van der Waals surface area contributed by atoms with Crippen LogP contribution in [0.5, 0.6) is 11.5 Å². The lowest BCUT2D eigenvalue weighted by atomic mass is 10.0. The van der Waals surface area contributed by atoms with Crippen molar-refractivity contribution in [3.05, 3.63) is 89.7 Å². The smallest absolute Gasteiger partial charge is 0.395 e. The first-order valence-electron chi connectivity index (χ1n) is 9.61.